The van der Waals surface area contributed by atoms with Gasteiger partial charge in [-0.3, -0.25) is 9.59 Å². The van der Waals surface area contributed by atoms with Gasteiger partial charge in [-0.05, 0) is 57.0 Å². The molecule has 0 bridgehead atoms. The predicted molar refractivity (Wildman–Crippen MR) is 289 cm³/mol. The lowest BCUT2D eigenvalue weighted by atomic mass is 10.0. The Labute approximate surface area is 417 Å². The Balaban J connectivity index is -0.000000366. The third kappa shape index (κ3) is 63.4. The molecule has 2 atom stereocenters. The molecule has 0 rings (SSSR count). The van der Waals surface area contributed by atoms with Crippen LogP contribution in [-0.2, 0) is 28.6 Å². The zero-order valence-corrected chi connectivity index (χ0v) is 45.1. The summed E-state index contributed by atoms with van der Waals surface area (Å²) >= 11 is 7.06. The first-order valence-electron chi connectivity index (χ1n) is 25.1. The first-order valence-corrected chi connectivity index (χ1v) is 26.9. The second-order valence-electron chi connectivity index (χ2n) is 16.1. The number of aliphatic hydroxyl groups excluding tert-OH is 1. The molecule has 14 heteroatoms. The molecule has 0 saturated heterocycles. The number of aliphatic hydroxyl groups is 1. The van der Waals surface area contributed by atoms with Gasteiger partial charge in [-0.25, -0.2) is 4.79 Å². The van der Waals surface area contributed by atoms with Crippen molar-refractivity contribution in [1.29, 1.82) is 0 Å². The third-order valence-corrected chi connectivity index (χ3v) is 10.2. The molecule has 0 spiro atoms. The minimum Gasteiger partial charge on any atom is -0.513 e. The Morgan fingerprint density at radius 3 is 1.48 bits per heavy atom. The molecular formula is C52H104N4O8S2. The van der Waals surface area contributed by atoms with Crippen molar-refractivity contribution in [3.05, 3.63) is 50.0 Å². The van der Waals surface area contributed by atoms with Crippen molar-refractivity contribution in [2.75, 3.05) is 71.8 Å². The van der Waals surface area contributed by atoms with Crippen molar-refractivity contribution in [3.63, 3.8) is 0 Å². The Morgan fingerprint density at radius 2 is 1.00 bits per heavy atom. The minimum absolute atomic E-state index is 0.0522. The van der Waals surface area contributed by atoms with E-state index in [1.54, 1.807) is 12.5 Å². The van der Waals surface area contributed by atoms with E-state index in [-0.39, 0.29) is 11.8 Å². The molecule has 12 nitrogen and oxygen atoms in total. The normalized spacial score (nSPS) is 11.0. The van der Waals surface area contributed by atoms with Crippen LogP contribution >= 0.6 is 25.3 Å². The second-order valence-corrected chi connectivity index (χ2v) is 16.1. The summed E-state index contributed by atoms with van der Waals surface area (Å²) in [6, 6.07) is -0.880. The van der Waals surface area contributed by atoms with E-state index >= 15 is 0 Å². The molecule has 0 aliphatic rings. The number of thiol groups is 2. The van der Waals surface area contributed by atoms with E-state index in [4.69, 9.17) is 19.3 Å². The van der Waals surface area contributed by atoms with Crippen LogP contribution < -0.4 is 21.3 Å². The molecule has 0 saturated carbocycles. The van der Waals surface area contributed by atoms with Crippen molar-refractivity contribution in [2.45, 2.75) is 188 Å². The van der Waals surface area contributed by atoms with Gasteiger partial charge in [-0.1, -0.05) is 144 Å². The van der Waals surface area contributed by atoms with E-state index in [1.807, 2.05) is 6.92 Å². The van der Waals surface area contributed by atoms with Crippen LogP contribution in [0.15, 0.2) is 50.0 Å². The van der Waals surface area contributed by atoms with Crippen LogP contribution in [0, 0.1) is 5.92 Å². The summed E-state index contributed by atoms with van der Waals surface area (Å²) in [5.41, 5.74) is 1.68. The molecule has 392 valence electrons. The summed E-state index contributed by atoms with van der Waals surface area (Å²) in [4.78, 5) is 34.7. The molecule has 0 aliphatic carbocycles. The van der Waals surface area contributed by atoms with E-state index in [0.717, 1.165) is 69.0 Å². The molecule has 0 radical (unpaired) electrons. The van der Waals surface area contributed by atoms with Gasteiger partial charge in [0.2, 0.25) is 11.8 Å². The quantitative estimate of drug-likeness (QED) is 0.0127. The zero-order valence-electron chi connectivity index (χ0n) is 43.3. The van der Waals surface area contributed by atoms with Crippen LogP contribution in [0.25, 0.3) is 0 Å². The number of ether oxygens (including phenoxy) is 3. The number of allylic oxidation sites excluding steroid dienone is 2. The van der Waals surface area contributed by atoms with Gasteiger partial charge >= 0.3 is 5.97 Å². The lowest BCUT2D eigenvalue weighted by Gasteiger charge is -2.16. The second kappa shape index (κ2) is 62.4. The number of nitrogens with one attached hydrogen (secondary N) is 4. The van der Waals surface area contributed by atoms with E-state index < -0.39 is 12.0 Å². The van der Waals surface area contributed by atoms with E-state index in [1.165, 1.54) is 89.9 Å². The fourth-order valence-electron chi connectivity index (χ4n) is 6.15. The first-order chi connectivity index (χ1) is 32.0. The van der Waals surface area contributed by atoms with Gasteiger partial charge in [0, 0.05) is 56.9 Å². The van der Waals surface area contributed by atoms with E-state index in [9.17, 15) is 19.5 Å². The fraction of sp³-hybridized carbons (Fsp3) is 0.788. The van der Waals surface area contributed by atoms with Crippen molar-refractivity contribution >= 4 is 43.0 Å². The summed E-state index contributed by atoms with van der Waals surface area (Å²) in [5, 5.41) is 30.3. The van der Waals surface area contributed by atoms with Gasteiger partial charge in [0.15, 0.2) is 0 Å². The SMILES string of the molecule is C=C.C=C(COCCOCCNC(=O)CC)NCCCCC(C)CC.C=C(O)CCCCCCCCCCCCCCCCC(=O)NC(CCC(=C)NCCOCCC)C(=O)O.CS.CS. The molecule has 6 N–H and O–H groups in total. The van der Waals surface area contributed by atoms with Crippen molar-refractivity contribution in [2.24, 2.45) is 5.92 Å². The standard InChI is InChI=1S/C30H56N2O5.C18H36N2O3.C2H4.2CH4S/c1-4-24-37-25-23-31-26(2)21-22-28(30(35)36)32-29(34)20-18-16-14-12-10-8-6-5-7-9-11-13-15-17-19-27(3)33;1-5-16(3)9-7-8-10-19-17(4)15-23-14-13-22-12-11-20-18(21)6-2;3*1-2/h28,31,33H,2-25H2,1H3,(H,32,34)(H,35,36);16,19H,4-15H2,1-3H3,(H,20,21);1-2H2;2*2H,1H3. The highest BCUT2D eigenvalue weighted by molar-refractivity contribution is 7.79. The Hall–Kier alpha value is -2.65. The van der Waals surface area contributed by atoms with Gasteiger partial charge in [0.25, 0.3) is 0 Å². The zero-order chi connectivity index (χ0) is 50.9. The van der Waals surface area contributed by atoms with Gasteiger partial charge in [0.05, 0.1) is 38.8 Å². The predicted octanol–water partition coefficient (Wildman–Crippen LogP) is 11.9. The number of rotatable bonds is 44. The summed E-state index contributed by atoms with van der Waals surface area (Å²) < 4.78 is 16.2. The Bertz CT molecular complexity index is 1100. The number of hydrogen-bond donors (Lipinski definition) is 8. The maximum absolute atomic E-state index is 12.2. The van der Waals surface area contributed by atoms with Crippen LogP contribution in [0.2, 0.25) is 0 Å². The molecule has 0 aromatic rings. The Morgan fingerprint density at radius 1 is 0.530 bits per heavy atom. The molecule has 0 aliphatic heterocycles. The molecule has 2 amide bonds. The molecule has 0 heterocycles. The topological polar surface area (TPSA) is 167 Å². The maximum atomic E-state index is 12.2. The summed E-state index contributed by atoms with van der Waals surface area (Å²) in [7, 11) is 0. The number of carbonyl (C=O) groups excluding carboxylic acids is 2. The average molecular weight is 978 g/mol. The van der Waals surface area contributed by atoms with Crippen LogP contribution in [0.4, 0.5) is 0 Å². The lowest BCUT2D eigenvalue weighted by molar-refractivity contribution is -0.142. The molecular weight excluding hydrogens is 873 g/mol. The van der Waals surface area contributed by atoms with Crippen molar-refractivity contribution in [3.8, 4) is 0 Å². The summed E-state index contributed by atoms with van der Waals surface area (Å²) in [6.45, 7) is 31.4. The van der Waals surface area contributed by atoms with Crippen molar-refractivity contribution < 1.29 is 38.8 Å². The van der Waals surface area contributed by atoms with Crippen molar-refractivity contribution in [1.82, 2.24) is 21.3 Å². The molecule has 0 aromatic carbocycles. The van der Waals surface area contributed by atoms with E-state index in [2.05, 4.69) is 100 Å². The van der Waals surface area contributed by atoms with Crippen LogP contribution in [0.5, 0.6) is 0 Å². The average Bonchev–Trinajstić information content (AvgIpc) is 3.32. The number of amides is 2. The number of hydrogen-bond acceptors (Lipinski definition) is 11. The van der Waals surface area contributed by atoms with E-state index in [0.29, 0.717) is 77.6 Å². The highest BCUT2D eigenvalue weighted by Gasteiger charge is 2.19. The van der Waals surface area contributed by atoms with Crippen LogP contribution in [0.3, 0.4) is 0 Å². The number of carboxylic acid groups (broad SMARTS) is 1. The monoisotopic (exact) mass is 977 g/mol. The largest absolute Gasteiger partial charge is 0.513 e. The summed E-state index contributed by atoms with van der Waals surface area (Å²) in [5.74, 6) is 0.00405. The van der Waals surface area contributed by atoms with Gasteiger partial charge < -0.3 is 45.7 Å². The third-order valence-electron chi connectivity index (χ3n) is 10.2. The van der Waals surface area contributed by atoms with Gasteiger partial charge in [0.1, 0.15) is 6.04 Å². The highest BCUT2D eigenvalue weighted by atomic mass is 32.1. The molecule has 0 fully saturated rings. The minimum atomic E-state index is -1.00. The Kier molecular flexibility index (Phi) is 68.3. The van der Waals surface area contributed by atoms with Gasteiger partial charge in [-0.2, -0.15) is 25.3 Å². The molecule has 66 heavy (non-hydrogen) atoms. The molecule has 2 unspecified atom stereocenters. The smallest absolute Gasteiger partial charge is 0.326 e. The van der Waals surface area contributed by atoms with Crippen LogP contribution in [0.1, 0.15) is 182 Å². The number of carbonyl (C=O) groups is 3. The van der Waals surface area contributed by atoms with Crippen LogP contribution in [-0.4, -0.2) is 106 Å². The molecule has 0 aromatic heterocycles. The maximum Gasteiger partial charge on any atom is 0.326 e. The number of unbranched alkanes of at least 4 members (excludes halogenated alkanes) is 14. The summed E-state index contributed by atoms with van der Waals surface area (Å²) in [6.07, 6.45) is 28.5. The van der Waals surface area contributed by atoms with Gasteiger partial charge in [-0.15, -0.1) is 13.2 Å². The fourth-order valence-corrected chi connectivity index (χ4v) is 6.15. The lowest BCUT2D eigenvalue weighted by Crippen LogP contribution is -2.41. The number of aliphatic carboxylic acids is 1. The number of carboxylic acids is 1. The first kappa shape index (κ1) is 72.3. The highest BCUT2D eigenvalue weighted by Crippen LogP contribution is 2.15.